The van der Waals surface area contributed by atoms with E-state index in [4.69, 9.17) is 4.74 Å². The Balaban J connectivity index is 2.09. The van der Waals surface area contributed by atoms with Crippen molar-refractivity contribution in [3.63, 3.8) is 0 Å². The van der Waals surface area contributed by atoms with Gasteiger partial charge < -0.3 is 9.64 Å². The summed E-state index contributed by atoms with van der Waals surface area (Å²) in [5.74, 6) is 0.712. The van der Waals surface area contributed by atoms with Crippen molar-refractivity contribution < 1.29 is 13.2 Å². The van der Waals surface area contributed by atoms with Crippen molar-refractivity contribution in [1.82, 2.24) is 9.21 Å². The average molecular weight is 298 g/mol. The molecule has 5 nitrogen and oxygen atoms in total. The predicted octanol–water partition coefficient (Wildman–Crippen LogP) is 1.41. The summed E-state index contributed by atoms with van der Waals surface area (Å²) < 4.78 is 32.0. The molecular weight excluding hydrogens is 276 g/mol. The van der Waals surface area contributed by atoms with Crippen LogP contribution in [0.4, 0.5) is 0 Å². The highest BCUT2D eigenvalue weighted by atomic mass is 32.2. The summed E-state index contributed by atoms with van der Waals surface area (Å²) >= 11 is 0. The van der Waals surface area contributed by atoms with E-state index < -0.39 is 10.0 Å². The van der Waals surface area contributed by atoms with Crippen molar-refractivity contribution in [2.24, 2.45) is 0 Å². The van der Waals surface area contributed by atoms with Crippen LogP contribution in [0, 0.1) is 0 Å². The SMILES string of the molecule is CCCOc1ccc(S(=O)(=O)N2CCN(C)CC2)cc1. The second-order valence-corrected chi connectivity index (χ2v) is 6.97. The summed E-state index contributed by atoms with van der Waals surface area (Å²) in [4.78, 5) is 2.47. The Hall–Kier alpha value is -1.11. The molecular formula is C14H22N2O3S. The molecule has 1 heterocycles. The van der Waals surface area contributed by atoms with E-state index in [1.807, 2.05) is 14.0 Å². The molecule has 0 atom stereocenters. The van der Waals surface area contributed by atoms with Gasteiger partial charge in [0.25, 0.3) is 0 Å². The Morgan fingerprint density at radius 3 is 2.25 bits per heavy atom. The van der Waals surface area contributed by atoms with E-state index in [9.17, 15) is 8.42 Å². The first kappa shape index (κ1) is 15.3. The number of hydrogen-bond donors (Lipinski definition) is 0. The minimum atomic E-state index is -3.37. The van der Waals surface area contributed by atoms with Gasteiger partial charge in [0, 0.05) is 26.2 Å². The van der Waals surface area contributed by atoms with Crippen molar-refractivity contribution in [2.75, 3.05) is 39.8 Å². The van der Waals surface area contributed by atoms with Gasteiger partial charge in [-0.1, -0.05) is 6.92 Å². The van der Waals surface area contributed by atoms with E-state index in [1.54, 1.807) is 28.6 Å². The zero-order valence-corrected chi connectivity index (χ0v) is 12.9. The smallest absolute Gasteiger partial charge is 0.243 e. The number of likely N-dealkylation sites (N-methyl/N-ethyl adjacent to an activating group) is 1. The second kappa shape index (κ2) is 6.56. The standard InChI is InChI=1S/C14H22N2O3S/c1-3-12-19-13-4-6-14(7-5-13)20(17,18)16-10-8-15(2)9-11-16/h4-7H,3,8-12H2,1-2H3. The molecule has 0 radical (unpaired) electrons. The molecule has 0 saturated carbocycles. The lowest BCUT2D eigenvalue weighted by atomic mass is 10.3. The molecule has 1 aromatic rings. The summed E-state index contributed by atoms with van der Waals surface area (Å²) in [5, 5.41) is 0. The van der Waals surface area contributed by atoms with Crippen molar-refractivity contribution in [3.05, 3.63) is 24.3 Å². The first-order chi connectivity index (χ1) is 9.54. The minimum Gasteiger partial charge on any atom is -0.494 e. The molecule has 112 valence electrons. The normalized spacial score (nSPS) is 18.1. The van der Waals surface area contributed by atoms with Crippen LogP contribution in [0.3, 0.4) is 0 Å². The Bertz CT molecular complexity index is 520. The minimum absolute atomic E-state index is 0.339. The highest BCUT2D eigenvalue weighted by Crippen LogP contribution is 2.20. The van der Waals surface area contributed by atoms with E-state index >= 15 is 0 Å². The molecule has 0 N–H and O–H groups in total. The molecule has 0 aromatic heterocycles. The van der Waals surface area contributed by atoms with E-state index in [2.05, 4.69) is 4.90 Å². The van der Waals surface area contributed by atoms with Crippen molar-refractivity contribution in [1.29, 1.82) is 0 Å². The van der Waals surface area contributed by atoms with Gasteiger partial charge in [0.05, 0.1) is 11.5 Å². The van der Waals surface area contributed by atoms with Crippen molar-refractivity contribution in [2.45, 2.75) is 18.2 Å². The first-order valence-electron chi connectivity index (χ1n) is 6.95. The highest BCUT2D eigenvalue weighted by molar-refractivity contribution is 7.89. The van der Waals surface area contributed by atoms with E-state index in [0.717, 1.165) is 19.5 Å². The van der Waals surface area contributed by atoms with Gasteiger partial charge in [-0.3, -0.25) is 0 Å². The lowest BCUT2D eigenvalue weighted by Crippen LogP contribution is -2.46. The van der Waals surface area contributed by atoms with Crippen LogP contribution in [0.25, 0.3) is 0 Å². The van der Waals surface area contributed by atoms with Crippen LogP contribution in [0.15, 0.2) is 29.2 Å². The second-order valence-electron chi connectivity index (χ2n) is 5.03. The largest absolute Gasteiger partial charge is 0.494 e. The van der Waals surface area contributed by atoms with Crippen LogP contribution in [-0.4, -0.2) is 57.5 Å². The third kappa shape index (κ3) is 3.50. The summed E-state index contributed by atoms with van der Waals surface area (Å²) in [6.07, 6.45) is 0.932. The molecule has 0 aliphatic carbocycles. The average Bonchev–Trinajstić information content (AvgIpc) is 2.46. The fourth-order valence-corrected chi connectivity index (χ4v) is 3.53. The van der Waals surface area contributed by atoms with Crippen molar-refractivity contribution in [3.8, 4) is 5.75 Å². The van der Waals surface area contributed by atoms with Gasteiger partial charge in [-0.15, -0.1) is 0 Å². The number of sulfonamides is 1. The maximum absolute atomic E-state index is 12.5. The molecule has 1 aliphatic rings. The number of piperazine rings is 1. The fraction of sp³-hybridized carbons (Fsp3) is 0.571. The third-order valence-corrected chi connectivity index (χ3v) is 5.31. The van der Waals surface area contributed by atoms with Crippen LogP contribution in [0.5, 0.6) is 5.75 Å². The number of hydrogen-bond acceptors (Lipinski definition) is 4. The maximum atomic E-state index is 12.5. The molecule has 1 fully saturated rings. The molecule has 1 saturated heterocycles. The van der Waals surface area contributed by atoms with Crippen LogP contribution in [0.2, 0.25) is 0 Å². The molecule has 1 aliphatic heterocycles. The summed E-state index contributed by atoms with van der Waals surface area (Å²) in [6.45, 7) is 5.32. The Morgan fingerprint density at radius 2 is 1.70 bits per heavy atom. The zero-order valence-electron chi connectivity index (χ0n) is 12.1. The highest BCUT2D eigenvalue weighted by Gasteiger charge is 2.27. The van der Waals surface area contributed by atoms with Gasteiger partial charge in [0.1, 0.15) is 5.75 Å². The van der Waals surface area contributed by atoms with Crippen molar-refractivity contribution >= 4 is 10.0 Å². The van der Waals surface area contributed by atoms with E-state index in [0.29, 0.717) is 30.3 Å². The van der Waals surface area contributed by atoms with Gasteiger partial charge in [0.2, 0.25) is 10.0 Å². The molecule has 20 heavy (non-hydrogen) atoms. The zero-order chi connectivity index (χ0) is 14.6. The quantitative estimate of drug-likeness (QED) is 0.825. The van der Waals surface area contributed by atoms with Crippen LogP contribution in [-0.2, 0) is 10.0 Å². The van der Waals surface area contributed by atoms with E-state index in [-0.39, 0.29) is 0 Å². The molecule has 0 amide bonds. The van der Waals surface area contributed by atoms with Gasteiger partial charge in [-0.05, 0) is 37.7 Å². The number of nitrogens with zero attached hydrogens (tertiary/aromatic N) is 2. The van der Waals surface area contributed by atoms with Gasteiger partial charge >= 0.3 is 0 Å². The summed E-state index contributed by atoms with van der Waals surface area (Å²) in [6, 6.07) is 6.69. The number of ether oxygens (including phenoxy) is 1. The summed E-state index contributed by atoms with van der Waals surface area (Å²) in [5.41, 5.74) is 0. The van der Waals surface area contributed by atoms with Gasteiger partial charge in [-0.25, -0.2) is 8.42 Å². The first-order valence-corrected chi connectivity index (χ1v) is 8.39. The molecule has 0 bridgehead atoms. The lowest BCUT2D eigenvalue weighted by molar-refractivity contribution is 0.222. The third-order valence-electron chi connectivity index (χ3n) is 3.40. The molecule has 1 aromatic carbocycles. The van der Waals surface area contributed by atoms with Crippen LogP contribution >= 0.6 is 0 Å². The van der Waals surface area contributed by atoms with Crippen LogP contribution in [0.1, 0.15) is 13.3 Å². The molecule has 6 heteroatoms. The molecule has 0 spiro atoms. The number of rotatable bonds is 5. The Morgan fingerprint density at radius 1 is 1.10 bits per heavy atom. The van der Waals surface area contributed by atoms with E-state index in [1.165, 1.54) is 0 Å². The monoisotopic (exact) mass is 298 g/mol. The van der Waals surface area contributed by atoms with Gasteiger partial charge in [-0.2, -0.15) is 4.31 Å². The Labute approximate surface area is 121 Å². The lowest BCUT2D eigenvalue weighted by Gasteiger charge is -2.31. The van der Waals surface area contributed by atoms with Crippen LogP contribution < -0.4 is 4.74 Å². The molecule has 2 rings (SSSR count). The maximum Gasteiger partial charge on any atom is 0.243 e. The Kier molecular flexibility index (Phi) is 5.01. The topological polar surface area (TPSA) is 49.9 Å². The fourth-order valence-electron chi connectivity index (χ4n) is 2.11. The predicted molar refractivity (Wildman–Crippen MR) is 78.5 cm³/mol. The number of benzene rings is 1. The van der Waals surface area contributed by atoms with Gasteiger partial charge in [0.15, 0.2) is 0 Å². The molecule has 0 unspecified atom stereocenters. The summed E-state index contributed by atoms with van der Waals surface area (Å²) in [7, 11) is -1.37.